The molecule has 35 heavy (non-hydrogen) atoms. The SMILES string of the molecule is Cc1cc(-n2cc(F)cn2)c2cccc(OCc3c(Cl)cc(F)cc3CNC(=O)C(C)(C)O)c2n1. The van der Waals surface area contributed by atoms with Gasteiger partial charge >= 0.3 is 0 Å². The Morgan fingerprint density at radius 1 is 1.23 bits per heavy atom. The number of halogens is 3. The second-order valence-corrected chi connectivity index (χ2v) is 9.00. The van der Waals surface area contributed by atoms with E-state index >= 15 is 0 Å². The number of benzene rings is 2. The number of aryl methyl sites for hydroxylation is 1. The summed E-state index contributed by atoms with van der Waals surface area (Å²) >= 11 is 6.31. The molecule has 0 fully saturated rings. The summed E-state index contributed by atoms with van der Waals surface area (Å²) in [5.74, 6) is -1.20. The first kappa shape index (κ1) is 24.6. The number of amides is 1. The van der Waals surface area contributed by atoms with E-state index in [0.29, 0.717) is 39.2 Å². The summed E-state index contributed by atoms with van der Waals surface area (Å²) in [4.78, 5) is 16.7. The maximum absolute atomic E-state index is 14.1. The van der Waals surface area contributed by atoms with Crippen LogP contribution >= 0.6 is 11.6 Å². The number of nitrogens with zero attached hydrogens (tertiary/aromatic N) is 3. The molecule has 0 bridgehead atoms. The Morgan fingerprint density at radius 2 is 2.00 bits per heavy atom. The van der Waals surface area contributed by atoms with Gasteiger partial charge in [-0.15, -0.1) is 0 Å². The van der Waals surface area contributed by atoms with Crippen LogP contribution in [0.15, 0.2) is 48.8 Å². The molecule has 0 unspecified atom stereocenters. The van der Waals surface area contributed by atoms with Crippen molar-refractivity contribution in [3.63, 3.8) is 0 Å². The van der Waals surface area contributed by atoms with Crippen LogP contribution in [0.4, 0.5) is 8.78 Å². The Balaban J connectivity index is 1.66. The molecule has 0 saturated heterocycles. The van der Waals surface area contributed by atoms with E-state index in [4.69, 9.17) is 16.3 Å². The van der Waals surface area contributed by atoms with Crippen molar-refractivity contribution in [1.29, 1.82) is 0 Å². The average Bonchev–Trinajstić information content (AvgIpc) is 3.21. The molecule has 0 atom stereocenters. The fourth-order valence-electron chi connectivity index (χ4n) is 3.59. The molecule has 2 N–H and O–H groups in total. The minimum Gasteiger partial charge on any atom is -0.487 e. The van der Waals surface area contributed by atoms with Crippen molar-refractivity contribution in [3.8, 4) is 11.4 Å². The standard InChI is InChI=1S/C25H23ClF2N4O3/c1-14-7-21(32-12-17(28)11-30-32)18-5-4-6-22(23(18)31-14)35-13-19-15(8-16(27)9-20(19)26)10-29-24(33)25(2,3)34/h4-9,11-12,34H,10,13H2,1-3H3,(H,29,33). The molecular formula is C25H23ClF2N4O3. The van der Waals surface area contributed by atoms with Crippen molar-refractivity contribution >= 4 is 28.4 Å². The van der Waals surface area contributed by atoms with E-state index < -0.39 is 23.1 Å². The molecule has 4 rings (SSSR count). The monoisotopic (exact) mass is 500 g/mol. The van der Waals surface area contributed by atoms with Crippen molar-refractivity contribution in [1.82, 2.24) is 20.1 Å². The highest BCUT2D eigenvalue weighted by atomic mass is 35.5. The third kappa shape index (κ3) is 5.41. The van der Waals surface area contributed by atoms with Crippen molar-refractivity contribution in [2.45, 2.75) is 39.5 Å². The predicted molar refractivity (Wildman–Crippen MR) is 127 cm³/mol. The van der Waals surface area contributed by atoms with Crippen LogP contribution in [0.3, 0.4) is 0 Å². The summed E-state index contributed by atoms with van der Waals surface area (Å²) in [5, 5.41) is 17.3. The quantitative estimate of drug-likeness (QED) is 0.386. The van der Waals surface area contributed by atoms with Crippen LogP contribution in [0.25, 0.3) is 16.6 Å². The normalized spacial score (nSPS) is 11.6. The van der Waals surface area contributed by atoms with Gasteiger partial charge in [-0.2, -0.15) is 5.10 Å². The molecule has 0 radical (unpaired) electrons. The number of rotatable bonds is 7. The zero-order valence-electron chi connectivity index (χ0n) is 19.3. The average molecular weight is 501 g/mol. The Labute approximate surface area is 205 Å². The molecule has 7 nitrogen and oxygen atoms in total. The van der Waals surface area contributed by atoms with Crippen molar-refractivity contribution in [2.24, 2.45) is 0 Å². The van der Waals surface area contributed by atoms with Crippen LogP contribution in [0.5, 0.6) is 5.75 Å². The van der Waals surface area contributed by atoms with Gasteiger partial charge in [-0.05, 0) is 50.6 Å². The number of hydrogen-bond acceptors (Lipinski definition) is 5. The Kier molecular flexibility index (Phi) is 6.73. The van der Waals surface area contributed by atoms with Crippen molar-refractivity contribution < 1.29 is 23.4 Å². The maximum Gasteiger partial charge on any atom is 0.251 e. The first-order chi connectivity index (χ1) is 16.5. The number of pyridine rings is 1. The van der Waals surface area contributed by atoms with E-state index in [9.17, 15) is 18.7 Å². The van der Waals surface area contributed by atoms with Crippen molar-refractivity contribution in [3.05, 3.63) is 82.3 Å². The minimum atomic E-state index is -1.59. The molecule has 4 aromatic rings. The molecule has 0 aliphatic heterocycles. The molecule has 182 valence electrons. The van der Waals surface area contributed by atoms with E-state index in [1.807, 2.05) is 6.07 Å². The highest BCUT2D eigenvalue weighted by Gasteiger charge is 2.24. The van der Waals surface area contributed by atoms with Gasteiger partial charge in [0, 0.05) is 23.2 Å². The zero-order chi connectivity index (χ0) is 25.3. The Hall–Kier alpha value is -3.56. The van der Waals surface area contributed by atoms with Gasteiger partial charge in [0.05, 0.1) is 23.1 Å². The van der Waals surface area contributed by atoms with E-state index in [0.717, 1.165) is 12.3 Å². The number of hydrogen-bond donors (Lipinski definition) is 2. The first-order valence-corrected chi connectivity index (χ1v) is 11.1. The molecular weight excluding hydrogens is 478 g/mol. The number of carbonyl (C=O) groups is 1. The lowest BCUT2D eigenvalue weighted by Gasteiger charge is -2.19. The number of para-hydroxylation sites is 1. The lowest BCUT2D eigenvalue weighted by molar-refractivity contribution is -0.136. The van der Waals surface area contributed by atoms with Crippen LogP contribution in [0.1, 0.15) is 30.7 Å². The summed E-state index contributed by atoms with van der Waals surface area (Å²) in [6, 6.07) is 9.54. The number of aromatic nitrogens is 3. The molecule has 2 aromatic heterocycles. The number of carbonyl (C=O) groups excluding carboxylic acids is 1. The topological polar surface area (TPSA) is 89.3 Å². The minimum absolute atomic E-state index is 0.0344. The first-order valence-electron chi connectivity index (χ1n) is 10.7. The largest absolute Gasteiger partial charge is 0.487 e. The van der Waals surface area contributed by atoms with E-state index in [1.54, 1.807) is 25.1 Å². The highest BCUT2D eigenvalue weighted by Crippen LogP contribution is 2.31. The highest BCUT2D eigenvalue weighted by molar-refractivity contribution is 6.31. The van der Waals surface area contributed by atoms with Crippen molar-refractivity contribution in [2.75, 3.05) is 0 Å². The van der Waals surface area contributed by atoms with Crippen LogP contribution < -0.4 is 10.1 Å². The Bertz CT molecular complexity index is 1420. The van der Waals surface area contributed by atoms with Gasteiger partial charge in [0.1, 0.15) is 29.3 Å². The molecule has 2 heterocycles. The van der Waals surface area contributed by atoms with E-state index in [2.05, 4.69) is 15.4 Å². The molecule has 1 amide bonds. The lowest BCUT2D eigenvalue weighted by atomic mass is 10.1. The van der Waals surface area contributed by atoms with Crippen LogP contribution in [-0.4, -0.2) is 31.4 Å². The van der Waals surface area contributed by atoms with Gasteiger partial charge in [-0.1, -0.05) is 23.7 Å². The van der Waals surface area contributed by atoms with Gasteiger partial charge in [0.25, 0.3) is 5.91 Å². The van der Waals surface area contributed by atoms with E-state index in [-0.39, 0.29) is 18.2 Å². The summed E-state index contributed by atoms with van der Waals surface area (Å²) in [5.41, 5.74) is 1.14. The summed E-state index contributed by atoms with van der Waals surface area (Å²) in [7, 11) is 0. The second-order valence-electron chi connectivity index (χ2n) is 8.59. The van der Waals surface area contributed by atoms with Gasteiger partial charge in [0.2, 0.25) is 0 Å². The van der Waals surface area contributed by atoms with Crippen LogP contribution in [0.2, 0.25) is 5.02 Å². The third-order valence-corrected chi connectivity index (χ3v) is 5.66. The fourth-order valence-corrected chi connectivity index (χ4v) is 3.87. The number of fused-ring (bicyclic) bond motifs is 1. The lowest BCUT2D eigenvalue weighted by Crippen LogP contribution is -2.41. The Morgan fingerprint density at radius 3 is 2.69 bits per heavy atom. The molecule has 0 aliphatic carbocycles. The van der Waals surface area contributed by atoms with Gasteiger partial charge in [-0.25, -0.2) is 18.4 Å². The van der Waals surface area contributed by atoms with Crippen LogP contribution in [-0.2, 0) is 17.9 Å². The summed E-state index contributed by atoms with van der Waals surface area (Å²) in [6.07, 6.45) is 2.39. The zero-order valence-corrected chi connectivity index (χ0v) is 20.0. The molecule has 0 saturated carbocycles. The third-order valence-electron chi connectivity index (χ3n) is 5.33. The van der Waals surface area contributed by atoms with Gasteiger partial charge in [0.15, 0.2) is 5.82 Å². The summed E-state index contributed by atoms with van der Waals surface area (Å²) in [6.45, 7) is 4.42. The fraction of sp³-hybridized carbons (Fsp3) is 0.240. The smallest absolute Gasteiger partial charge is 0.251 e. The number of aliphatic hydroxyl groups is 1. The maximum atomic E-state index is 14.1. The molecule has 2 aromatic carbocycles. The summed E-state index contributed by atoms with van der Waals surface area (Å²) < 4.78 is 35.1. The van der Waals surface area contributed by atoms with Gasteiger partial charge in [-0.3, -0.25) is 4.79 Å². The molecule has 0 aliphatic rings. The second kappa shape index (κ2) is 9.59. The predicted octanol–water partition coefficient (Wildman–Crippen LogP) is 4.63. The molecule has 0 spiro atoms. The molecule has 10 heteroatoms. The van der Waals surface area contributed by atoms with Crippen LogP contribution in [0, 0.1) is 18.6 Å². The van der Waals surface area contributed by atoms with E-state index in [1.165, 1.54) is 30.8 Å². The van der Waals surface area contributed by atoms with Gasteiger partial charge < -0.3 is 15.2 Å². The number of nitrogens with one attached hydrogen (secondary N) is 1. The number of ether oxygens (including phenoxy) is 1.